The zero-order valence-corrected chi connectivity index (χ0v) is 16.0. The van der Waals surface area contributed by atoms with Crippen LogP contribution in [0.5, 0.6) is 0 Å². The van der Waals surface area contributed by atoms with E-state index in [0.717, 1.165) is 39.0 Å². The zero-order chi connectivity index (χ0) is 19.4. The van der Waals surface area contributed by atoms with Crippen molar-refractivity contribution in [3.63, 3.8) is 0 Å². The van der Waals surface area contributed by atoms with Crippen LogP contribution in [-0.2, 0) is 9.59 Å². The Morgan fingerprint density at radius 2 is 1.70 bits per heavy atom. The maximum Gasteiger partial charge on any atom is 0.241 e. The van der Waals surface area contributed by atoms with Gasteiger partial charge in [-0.25, -0.2) is 0 Å². The molecule has 3 rings (SSSR count). The van der Waals surface area contributed by atoms with Gasteiger partial charge in [0.05, 0.1) is 12.6 Å². The largest absolute Gasteiger partial charge is 0.352 e. The Labute approximate surface area is 160 Å². The number of carbonyl (C=O) groups is 3. The Kier molecular flexibility index (Phi) is 6.23. The molecule has 2 fully saturated rings. The van der Waals surface area contributed by atoms with Gasteiger partial charge in [-0.2, -0.15) is 0 Å². The molecule has 1 unspecified atom stereocenters. The minimum atomic E-state index is -0.250. The van der Waals surface area contributed by atoms with E-state index in [4.69, 9.17) is 0 Å². The van der Waals surface area contributed by atoms with Crippen molar-refractivity contribution < 1.29 is 14.4 Å². The monoisotopic (exact) mass is 372 g/mol. The molecule has 27 heavy (non-hydrogen) atoms. The molecule has 2 aliphatic rings. The molecule has 1 aromatic rings. The third kappa shape index (κ3) is 5.61. The lowest BCUT2D eigenvalue weighted by Crippen LogP contribution is -2.54. The van der Waals surface area contributed by atoms with E-state index in [1.807, 2.05) is 6.92 Å². The molecule has 1 aliphatic heterocycles. The smallest absolute Gasteiger partial charge is 0.241 e. The molecule has 1 atom stereocenters. The SMILES string of the molecule is CC(=O)c1ccc(NC(=O)C(C)N2CCN(CC(=O)NC3CC3)CC2)cc1. The highest BCUT2D eigenvalue weighted by atomic mass is 16.2. The van der Waals surface area contributed by atoms with Crippen LogP contribution in [-0.4, -0.2) is 72.2 Å². The van der Waals surface area contributed by atoms with Crippen molar-refractivity contribution in [1.29, 1.82) is 0 Å². The quantitative estimate of drug-likeness (QED) is 0.701. The standard InChI is InChI=1S/C20H28N4O3/c1-14(20(27)22-18-5-3-16(4-6-18)15(2)25)24-11-9-23(10-12-24)13-19(26)21-17-7-8-17/h3-6,14,17H,7-13H2,1-2H3,(H,21,26)(H,22,27). The number of hydrogen-bond donors (Lipinski definition) is 2. The number of rotatable bonds is 7. The van der Waals surface area contributed by atoms with Gasteiger partial charge in [0, 0.05) is 43.5 Å². The Morgan fingerprint density at radius 1 is 1.07 bits per heavy atom. The third-order valence-electron chi connectivity index (χ3n) is 5.20. The number of benzene rings is 1. The molecule has 1 saturated carbocycles. The number of carbonyl (C=O) groups excluding carboxylic acids is 3. The first kappa shape index (κ1) is 19.5. The van der Waals surface area contributed by atoms with Crippen molar-refractivity contribution in [1.82, 2.24) is 15.1 Å². The normalized spacial score (nSPS) is 19.3. The average Bonchev–Trinajstić information content (AvgIpc) is 3.46. The van der Waals surface area contributed by atoms with Crippen molar-refractivity contribution in [3.05, 3.63) is 29.8 Å². The van der Waals surface area contributed by atoms with Gasteiger partial charge < -0.3 is 10.6 Å². The van der Waals surface area contributed by atoms with Crippen LogP contribution in [0.2, 0.25) is 0 Å². The average molecular weight is 372 g/mol. The summed E-state index contributed by atoms with van der Waals surface area (Å²) in [5.41, 5.74) is 1.31. The molecule has 1 aliphatic carbocycles. The number of anilines is 1. The maximum atomic E-state index is 12.5. The molecule has 1 heterocycles. The van der Waals surface area contributed by atoms with Crippen LogP contribution in [0.4, 0.5) is 5.69 Å². The third-order valence-corrected chi connectivity index (χ3v) is 5.20. The molecule has 0 bridgehead atoms. The first-order chi connectivity index (χ1) is 12.9. The summed E-state index contributed by atoms with van der Waals surface area (Å²) in [6.07, 6.45) is 2.20. The van der Waals surface area contributed by atoms with Crippen LogP contribution in [0.25, 0.3) is 0 Å². The second kappa shape index (κ2) is 8.63. The van der Waals surface area contributed by atoms with E-state index < -0.39 is 0 Å². The van der Waals surface area contributed by atoms with Crippen molar-refractivity contribution in [2.24, 2.45) is 0 Å². The van der Waals surface area contributed by atoms with Crippen molar-refractivity contribution >= 4 is 23.3 Å². The fraction of sp³-hybridized carbons (Fsp3) is 0.550. The van der Waals surface area contributed by atoms with E-state index in [2.05, 4.69) is 20.4 Å². The topological polar surface area (TPSA) is 81.8 Å². The number of Topliss-reactive ketones (excluding diaryl/α,β-unsaturated/α-hetero) is 1. The van der Waals surface area contributed by atoms with E-state index >= 15 is 0 Å². The number of ketones is 1. The highest BCUT2D eigenvalue weighted by molar-refractivity contribution is 5.97. The molecular formula is C20H28N4O3. The summed E-state index contributed by atoms with van der Waals surface area (Å²) in [6.45, 7) is 6.93. The molecule has 7 nitrogen and oxygen atoms in total. The van der Waals surface area contributed by atoms with Crippen LogP contribution in [0, 0.1) is 0 Å². The summed E-state index contributed by atoms with van der Waals surface area (Å²) in [5.74, 6) is 0.0428. The number of hydrogen-bond acceptors (Lipinski definition) is 5. The van der Waals surface area contributed by atoms with Gasteiger partial charge in [-0.05, 0) is 51.0 Å². The second-order valence-corrected chi connectivity index (χ2v) is 7.45. The van der Waals surface area contributed by atoms with Gasteiger partial charge >= 0.3 is 0 Å². The Morgan fingerprint density at radius 3 is 2.26 bits per heavy atom. The Balaban J connectivity index is 1.43. The first-order valence-electron chi connectivity index (χ1n) is 9.60. The molecule has 0 radical (unpaired) electrons. The molecule has 146 valence electrons. The van der Waals surface area contributed by atoms with Crippen LogP contribution >= 0.6 is 0 Å². The number of piperazine rings is 1. The maximum absolute atomic E-state index is 12.5. The number of nitrogens with one attached hydrogen (secondary N) is 2. The summed E-state index contributed by atoms with van der Waals surface area (Å²) in [7, 11) is 0. The molecule has 1 aromatic carbocycles. The highest BCUT2D eigenvalue weighted by Gasteiger charge is 2.28. The van der Waals surface area contributed by atoms with Gasteiger partial charge in [0.2, 0.25) is 11.8 Å². The van der Waals surface area contributed by atoms with Crippen molar-refractivity contribution in [2.75, 3.05) is 38.0 Å². The van der Waals surface area contributed by atoms with E-state index in [9.17, 15) is 14.4 Å². The van der Waals surface area contributed by atoms with Crippen LogP contribution in [0.15, 0.2) is 24.3 Å². The Hall–Kier alpha value is -2.25. The highest BCUT2D eigenvalue weighted by Crippen LogP contribution is 2.18. The summed E-state index contributed by atoms with van der Waals surface area (Å²) in [6, 6.07) is 7.07. The summed E-state index contributed by atoms with van der Waals surface area (Å²) < 4.78 is 0. The number of amides is 2. The molecular weight excluding hydrogens is 344 g/mol. The summed E-state index contributed by atoms with van der Waals surface area (Å²) in [4.78, 5) is 40.0. The molecule has 7 heteroatoms. The number of nitrogens with zero attached hydrogens (tertiary/aromatic N) is 2. The van der Waals surface area contributed by atoms with Gasteiger partial charge in [-0.3, -0.25) is 24.2 Å². The van der Waals surface area contributed by atoms with Crippen LogP contribution < -0.4 is 10.6 Å². The summed E-state index contributed by atoms with van der Waals surface area (Å²) >= 11 is 0. The van der Waals surface area contributed by atoms with E-state index in [1.165, 1.54) is 6.92 Å². The predicted molar refractivity (Wildman–Crippen MR) is 104 cm³/mol. The van der Waals surface area contributed by atoms with E-state index in [-0.39, 0.29) is 23.6 Å². The van der Waals surface area contributed by atoms with Gasteiger partial charge in [0.1, 0.15) is 0 Å². The zero-order valence-electron chi connectivity index (χ0n) is 16.0. The molecule has 0 aromatic heterocycles. The minimum Gasteiger partial charge on any atom is -0.352 e. The van der Waals surface area contributed by atoms with Crippen LogP contribution in [0.3, 0.4) is 0 Å². The second-order valence-electron chi connectivity index (χ2n) is 7.45. The lowest BCUT2D eigenvalue weighted by atomic mass is 10.1. The minimum absolute atomic E-state index is 0.00456. The van der Waals surface area contributed by atoms with Gasteiger partial charge in [0.15, 0.2) is 5.78 Å². The van der Waals surface area contributed by atoms with Gasteiger partial charge in [0.25, 0.3) is 0 Å². The van der Waals surface area contributed by atoms with E-state index in [1.54, 1.807) is 24.3 Å². The van der Waals surface area contributed by atoms with Gasteiger partial charge in [-0.1, -0.05) is 0 Å². The lowest BCUT2D eigenvalue weighted by molar-refractivity contribution is -0.124. The van der Waals surface area contributed by atoms with E-state index in [0.29, 0.717) is 23.8 Å². The Bertz CT molecular complexity index is 692. The molecule has 0 spiro atoms. The predicted octanol–water partition coefficient (Wildman–Crippen LogP) is 1.11. The summed E-state index contributed by atoms with van der Waals surface area (Å²) in [5, 5.41) is 5.92. The van der Waals surface area contributed by atoms with Crippen molar-refractivity contribution in [2.45, 2.75) is 38.8 Å². The molecule has 2 N–H and O–H groups in total. The van der Waals surface area contributed by atoms with Gasteiger partial charge in [-0.15, -0.1) is 0 Å². The van der Waals surface area contributed by atoms with Crippen molar-refractivity contribution in [3.8, 4) is 0 Å². The fourth-order valence-electron chi connectivity index (χ4n) is 3.21. The van der Waals surface area contributed by atoms with Crippen LogP contribution in [0.1, 0.15) is 37.0 Å². The fourth-order valence-corrected chi connectivity index (χ4v) is 3.21. The lowest BCUT2D eigenvalue weighted by Gasteiger charge is -2.37. The molecule has 1 saturated heterocycles. The molecule has 2 amide bonds. The first-order valence-corrected chi connectivity index (χ1v) is 9.60.